The van der Waals surface area contributed by atoms with Crippen molar-refractivity contribution in [2.45, 2.75) is 25.7 Å². The highest BCUT2D eigenvalue weighted by Crippen LogP contribution is 2.27. The summed E-state index contributed by atoms with van der Waals surface area (Å²) >= 11 is 0. The van der Waals surface area contributed by atoms with Gasteiger partial charge in [0.2, 0.25) is 0 Å². The monoisotopic (exact) mass is 191 g/mol. The van der Waals surface area contributed by atoms with Gasteiger partial charge in [0.05, 0.1) is 0 Å². The molecule has 0 spiro atoms. The van der Waals surface area contributed by atoms with Gasteiger partial charge in [-0.2, -0.15) is 0 Å². The van der Waals surface area contributed by atoms with Crippen LogP contribution in [0.1, 0.15) is 30.4 Å². The number of hydrogen-bond donors (Lipinski definition) is 2. The van der Waals surface area contributed by atoms with E-state index >= 15 is 0 Å². The Balaban J connectivity index is 2.27. The molecule has 2 heteroatoms. The van der Waals surface area contributed by atoms with E-state index in [-0.39, 0.29) is 6.61 Å². The van der Waals surface area contributed by atoms with E-state index < -0.39 is 0 Å². The van der Waals surface area contributed by atoms with Crippen LogP contribution < -0.4 is 5.32 Å². The molecule has 2 rings (SSSR count). The van der Waals surface area contributed by atoms with E-state index in [1.807, 2.05) is 0 Å². The molecular weight excluding hydrogens is 174 g/mol. The van der Waals surface area contributed by atoms with Crippen molar-refractivity contribution in [1.82, 2.24) is 0 Å². The molecule has 0 radical (unpaired) electrons. The van der Waals surface area contributed by atoms with E-state index in [0.717, 1.165) is 19.4 Å². The molecule has 2 N–H and O–H groups in total. The van der Waals surface area contributed by atoms with Gasteiger partial charge in [0, 0.05) is 24.8 Å². The van der Waals surface area contributed by atoms with Crippen molar-refractivity contribution < 1.29 is 5.11 Å². The highest BCUT2D eigenvalue weighted by atomic mass is 16.3. The summed E-state index contributed by atoms with van der Waals surface area (Å²) in [7, 11) is 0. The molecule has 0 aliphatic carbocycles. The third-order valence-corrected chi connectivity index (χ3v) is 3.02. The molecule has 0 saturated carbocycles. The lowest BCUT2D eigenvalue weighted by molar-refractivity contribution is 0.262. The van der Waals surface area contributed by atoms with E-state index in [4.69, 9.17) is 0 Å². The van der Waals surface area contributed by atoms with Crippen molar-refractivity contribution in [2.24, 2.45) is 0 Å². The van der Waals surface area contributed by atoms with E-state index in [1.165, 1.54) is 16.8 Å². The Hall–Kier alpha value is -1.02. The molecule has 0 amide bonds. The van der Waals surface area contributed by atoms with Crippen molar-refractivity contribution in [1.29, 1.82) is 0 Å². The van der Waals surface area contributed by atoms with Crippen LogP contribution in [0.3, 0.4) is 0 Å². The molecule has 1 atom stereocenters. The summed E-state index contributed by atoms with van der Waals surface area (Å²) in [4.78, 5) is 0. The second-order valence-corrected chi connectivity index (χ2v) is 3.88. The van der Waals surface area contributed by atoms with Gasteiger partial charge in [0.1, 0.15) is 0 Å². The van der Waals surface area contributed by atoms with Gasteiger partial charge < -0.3 is 10.4 Å². The average Bonchev–Trinajstić information content (AvgIpc) is 2.66. The highest BCUT2D eigenvalue weighted by molar-refractivity contribution is 5.56. The van der Waals surface area contributed by atoms with Crippen LogP contribution in [-0.4, -0.2) is 18.3 Å². The number of aliphatic hydroxyl groups excluding tert-OH is 1. The lowest BCUT2D eigenvalue weighted by Crippen LogP contribution is -2.02. The Bertz CT molecular complexity index is 318. The number of rotatable bonds is 3. The molecule has 0 aromatic heterocycles. The van der Waals surface area contributed by atoms with Crippen LogP contribution in [0.25, 0.3) is 0 Å². The van der Waals surface area contributed by atoms with Crippen molar-refractivity contribution in [2.75, 3.05) is 18.5 Å². The molecule has 1 unspecified atom stereocenters. The number of anilines is 1. The topological polar surface area (TPSA) is 32.3 Å². The lowest BCUT2D eigenvalue weighted by atomic mass is 9.95. The van der Waals surface area contributed by atoms with Crippen LogP contribution in [-0.2, 0) is 6.42 Å². The van der Waals surface area contributed by atoms with Crippen LogP contribution in [0, 0.1) is 0 Å². The zero-order valence-corrected chi connectivity index (χ0v) is 8.59. The first-order chi connectivity index (χ1) is 6.85. The normalized spacial score (nSPS) is 16.1. The van der Waals surface area contributed by atoms with Crippen LogP contribution in [0.15, 0.2) is 18.2 Å². The quantitative estimate of drug-likeness (QED) is 0.767. The summed E-state index contributed by atoms with van der Waals surface area (Å²) in [5.74, 6) is 0.306. The van der Waals surface area contributed by atoms with Crippen LogP contribution in [0.5, 0.6) is 0 Å². The molecule has 0 saturated heterocycles. The molecule has 0 fully saturated rings. The van der Waals surface area contributed by atoms with Gasteiger partial charge in [-0.15, -0.1) is 0 Å². The van der Waals surface area contributed by atoms with E-state index in [9.17, 15) is 5.11 Å². The standard InChI is InChI=1S/C12H17NO/c1-2-9(8-14)10-3-4-12-11(7-10)5-6-13-12/h3-4,7,9,13-14H,2,5-6,8H2,1H3. The van der Waals surface area contributed by atoms with Crippen LogP contribution >= 0.6 is 0 Å². The summed E-state index contributed by atoms with van der Waals surface area (Å²) < 4.78 is 0. The summed E-state index contributed by atoms with van der Waals surface area (Å²) in [5, 5.41) is 12.6. The summed E-state index contributed by atoms with van der Waals surface area (Å²) in [5.41, 5.74) is 3.94. The predicted octanol–water partition coefficient (Wildman–Crippen LogP) is 2.14. The largest absolute Gasteiger partial charge is 0.396 e. The van der Waals surface area contributed by atoms with Gasteiger partial charge in [-0.3, -0.25) is 0 Å². The smallest absolute Gasteiger partial charge is 0.0499 e. The molecule has 0 bridgehead atoms. The number of hydrogen-bond acceptors (Lipinski definition) is 2. The fraction of sp³-hybridized carbons (Fsp3) is 0.500. The SMILES string of the molecule is CCC(CO)c1ccc2c(c1)CCN2. The second kappa shape index (κ2) is 4.01. The zero-order chi connectivity index (χ0) is 9.97. The number of aliphatic hydroxyl groups is 1. The minimum atomic E-state index is 0.253. The first-order valence-electron chi connectivity index (χ1n) is 5.32. The van der Waals surface area contributed by atoms with Crippen LogP contribution in [0.4, 0.5) is 5.69 Å². The van der Waals surface area contributed by atoms with Gasteiger partial charge in [0.15, 0.2) is 0 Å². The fourth-order valence-corrected chi connectivity index (χ4v) is 2.05. The Morgan fingerprint density at radius 1 is 1.50 bits per heavy atom. The van der Waals surface area contributed by atoms with Gasteiger partial charge >= 0.3 is 0 Å². The Kier molecular flexibility index (Phi) is 2.73. The molecule has 1 aliphatic heterocycles. The first-order valence-corrected chi connectivity index (χ1v) is 5.32. The molecule has 1 aliphatic rings. The molecule has 2 nitrogen and oxygen atoms in total. The maximum absolute atomic E-state index is 9.21. The minimum absolute atomic E-state index is 0.253. The highest BCUT2D eigenvalue weighted by Gasteiger charge is 2.13. The van der Waals surface area contributed by atoms with E-state index in [0.29, 0.717) is 5.92 Å². The van der Waals surface area contributed by atoms with E-state index in [1.54, 1.807) is 0 Å². The number of nitrogens with one attached hydrogen (secondary N) is 1. The Labute approximate surface area is 85.0 Å². The summed E-state index contributed by atoms with van der Waals surface area (Å²) in [6.07, 6.45) is 2.12. The molecular formula is C12H17NO. The van der Waals surface area contributed by atoms with Crippen molar-refractivity contribution in [3.05, 3.63) is 29.3 Å². The van der Waals surface area contributed by atoms with Gasteiger partial charge in [-0.1, -0.05) is 19.1 Å². The van der Waals surface area contributed by atoms with E-state index in [2.05, 4.69) is 30.4 Å². The molecule has 76 valence electrons. The van der Waals surface area contributed by atoms with Crippen molar-refractivity contribution in [3.8, 4) is 0 Å². The summed E-state index contributed by atoms with van der Waals surface area (Å²) in [6, 6.07) is 6.50. The second-order valence-electron chi connectivity index (χ2n) is 3.88. The zero-order valence-electron chi connectivity index (χ0n) is 8.59. The summed E-state index contributed by atoms with van der Waals surface area (Å²) in [6.45, 7) is 3.42. The number of fused-ring (bicyclic) bond motifs is 1. The maximum atomic E-state index is 9.21. The van der Waals surface area contributed by atoms with Crippen molar-refractivity contribution >= 4 is 5.69 Å². The van der Waals surface area contributed by atoms with Crippen molar-refractivity contribution in [3.63, 3.8) is 0 Å². The van der Waals surface area contributed by atoms with Gasteiger partial charge in [-0.25, -0.2) is 0 Å². The fourth-order valence-electron chi connectivity index (χ4n) is 2.05. The third-order valence-electron chi connectivity index (χ3n) is 3.02. The Morgan fingerprint density at radius 3 is 3.07 bits per heavy atom. The third kappa shape index (κ3) is 1.62. The maximum Gasteiger partial charge on any atom is 0.0499 e. The Morgan fingerprint density at radius 2 is 2.36 bits per heavy atom. The average molecular weight is 191 g/mol. The van der Waals surface area contributed by atoms with Gasteiger partial charge in [-0.05, 0) is 30.0 Å². The predicted molar refractivity (Wildman–Crippen MR) is 58.8 cm³/mol. The molecule has 1 aromatic carbocycles. The lowest BCUT2D eigenvalue weighted by Gasteiger charge is -2.13. The molecule has 1 aromatic rings. The molecule has 1 heterocycles. The minimum Gasteiger partial charge on any atom is -0.396 e. The van der Waals surface area contributed by atoms with Crippen LogP contribution in [0.2, 0.25) is 0 Å². The van der Waals surface area contributed by atoms with Gasteiger partial charge in [0.25, 0.3) is 0 Å². The number of benzene rings is 1. The molecule has 14 heavy (non-hydrogen) atoms. The first kappa shape index (κ1) is 9.53.